The van der Waals surface area contributed by atoms with Crippen molar-refractivity contribution >= 4 is 50.7 Å². The predicted octanol–water partition coefficient (Wildman–Crippen LogP) is 4.46. The molecule has 2 heterocycles. The largest absolute Gasteiger partial charge is 0.478 e. The van der Waals surface area contributed by atoms with Gasteiger partial charge in [0.15, 0.2) is 5.65 Å². The molecular formula is C24H18N4O3. The normalized spacial score (nSPS) is 11.2. The molecule has 5 rings (SSSR count). The maximum Gasteiger partial charge on any atom is 0.337 e. The smallest absolute Gasteiger partial charge is 0.337 e. The van der Waals surface area contributed by atoms with Crippen LogP contribution in [0, 0.1) is 0 Å². The number of carboxylic acids is 1. The number of carbonyl (C=O) groups excluding carboxylic acids is 1. The van der Waals surface area contributed by atoms with E-state index < -0.39 is 5.97 Å². The van der Waals surface area contributed by atoms with Gasteiger partial charge in [0.05, 0.1) is 27.8 Å². The first kappa shape index (κ1) is 18.7. The van der Waals surface area contributed by atoms with Gasteiger partial charge in [0.1, 0.15) is 5.52 Å². The van der Waals surface area contributed by atoms with Gasteiger partial charge in [-0.05, 0) is 30.3 Å². The monoisotopic (exact) mass is 410 g/mol. The molecule has 0 aliphatic carbocycles. The van der Waals surface area contributed by atoms with E-state index in [0.29, 0.717) is 6.54 Å². The quantitative estimate of drug-likeness (QED) is 0.446. The van der Waals surface area contributed by atoms with E-state index in [2.05, 4.69) is 5.32 Å². The van der Waals surface area contributed by atoms with Crippen LogP contribution in [0.2, 0.25) is 0 Å². The number of fused-ring (bicyclic) bond motifs is 4. The van der Waals surface area contributed by atoms with Gasteiger partial charge in [-0.3, -0.25) is 4.79 Å². The van der Waals surface area contributed by atoms with Crippen molar-refractivity contribution in [3.05, 3.63) is 78.4 Å². The Labute approximate surface area is 177 Å². The number of nitrogens with one attached hydrogen (secondary N) is 1. The van der Waals surface area contributed by atoms with Gasteiger partial charge >= 0.3 is 5.97 Å². The van der Waals surface area contributed by atoms with E-state index in [-0.39, 0.29) is 23.6 Å². The number of aromatic carboxylic acids is 1. The van der Waals surface area contributed by atoms with Gasteiger partial charge in [0.25, 0.3) is 0 Å². The Kier molecular flexibility index (Phi) is 4.55. The summed E-state index contributed by atoms with van der Waals surface area (Å²) in [6, 6.07) is 22.0. The SMILES string of the molecule is O=C(CCn1c2ccccc2c2nc3ccccc3nc21)Nc1ccccc1C(=O)O. The lowest BCUT2D eigenvalue weighted by Gasteiger charge is -2.10. The van der Waals surface area contributed by atoms with E-state index in [1.54, 1.807) is 18.2 Å². The molecule has 0 radical (unpaired) electrons. The van der Waals surface area contributed by atoms with Crippen LogP contribution in [0.1, 0.15) is 16.8 Å². The highest BCUT2D eigenvalue weighted by Gasteiger charge is 2.16. The summed E-state index contributed by atoms with van der Waals surface area (Å²) in [5.74, 6) is -1.35. The van der Waals surface area contributed by atoms with Crippen LogP contribution in [0.15, 0.2) is 72.8 Å². The summed E-state index contributed by atoms with van der Waals surface area (Å²) in [5, 5.41) is 13.0. The highest BCUT2D eigenvalue weighted by molar-refractivity contribution is 6.06. The van der Waals surface area contributed by atoms with Gasteiger partial charge in [-0.1, -0.05) is 42.5 Å². The number of para-hydroxylation sites is 4. The van der Waals surface area contributed by atoms with Crippen LogP contribution in [-0.4, -0.2) is 31.5 Å². The summed E-state index contributed by atoms with van der Waals surface area (Å²) >= 11 is 0. The Hall–Kier alpha value is -4.26. The third-order valence-electron chi connectivity index (χ3n) is 5.25. The van der Waals surface area contributed by atoms with E-state index in [9.17, 15) is 14.7 Å². The highest BCUT2D eigenvalue weighted by atomic mass is 16.4. The van der Waals surface area contributed by atoms with E-state index in [4.69, 9.17) is 9.97 Å². The van der Waals surface area contributed by atoms with Gasteiger partial charge in [0.2, 0.25) is 5.91 Å². The van der Waals surface area contributed by atoms with Crippen LogP contribution >= 0.6 is 0 Å². The summed E-state index contributed by atoms with van der Waals surface area (Å²) in [5.41, 5.74) is 4.42. The average Bonchev–Trinajstić information content (AvgIpc) is 3.09. The molecule has 31 heavy (non-hydrogen) atoms. The molecule has 0 atom stereocenters. The molecule has 0 spiro atoms. The number of carboxylic acid groups (broad SMARTS) is 1. The number of carbonyl (C=O) groups is 2. The Morgan fingerprint density at radius 1 is 0.871 bits per heavy atom. The maximum absolute atomic E-state index is 12.6. The number of aromatic nitrogens is 3. The molecule has 3 aromatic carbocycles. The third-order valence-corrected chi connectivity index (χ3v) is 5.25. The van der Waals surface area contributed by atoms with Crippen molar-refractivity contribution in [3.8, 4) is 0 Å². The zero-order valence-corrected chi connectivity index (χ0v) is 16.4. The minimum absolute atomic E-state index is 0.0602. The van der Waals surface area contributed by atoms with Gasteiger partial charge in [-0.25, -0.2) is 14.8 Å². The molecule has 0 unspecified atom stereocenters. The number of nitrogens with zero attached hydrogens (tertiary/aromatic N) is 3. The summed E-state index contributed by atoms with van der Waals surface area (Å²) < 4.78 is 1.99. The standard InChI is InChI=1S/C24H18N4O3/c29-21(25-17-9-3-1-7-15(17)24(30)31)13-14-28-20-12-6-2-8-16(20)22-23(28)27-19-11-5-4-10-18(19)26-22/h1-12H,13-14H2,(H,25,29)(H,30,31). The summed E-state index contributed by atoms with van der Waals surface area (Å²) in [6.07, 6.45) is 0.163. The fourth-order valence-electron chi connectivity index (χ4n) is 3.81. The first-order valence-electron chi connectivity index (χ1n) is 9.88. The van der Waals surface area contributed by atoms with Crippen LogP contribution in [0.25, 0.3) is 33.1 Å². The number of benzene rings is 3. The fourth-order valence-corrected chi connectivity index (χ4v) is 3.81. The van der Waals surface area contributed by atoms with Crippen molar-refractivity contribution in [1.82, 2.24) is 14.5 Å². The molecule has 0 aliphatic rings. The Balaban J connectivity index is 1.49. The van der Waals surface area contributed by atoms with E-state index in [1.165, 1.54) is 6.07 Å². The molecule has 152 valence electrons. The van der Waals surface area contributed by atoms with Crippen LogP contribution in [-0.2, 0) is 11.3 Å². The van der Waals surface area contributed by atoms with Crippen molar-refractivity contribution in [1.29, 1.82) is 0 Å². The second-order valence-corrected chi connectivity index (χ2v) is 7.20. The van der Waals surface area contributed by atoms with Crippen molar-refractivity contribution < 1.29 is 14.7 Å². The molecule has 1 amide bonds. The molecule has 7 heteroatoms. The van der Waals surface area contributed by atoms with E-state index in [1.807, 2.05) is 53.1 Å². The number of hydrogen-bond acceptors (Lipinski definition) is 4. The first-order valence-corrected chi connectivity index (χ1v) is 9.88. The molecule has 2 aromatic heterocycles. The second kappa shape index (κ2) is 7.53. The van der Waals surface area contributed by atoms with Crippen molar-refractivity contribution in [3.63, 3.8) is 0 Å². The van der Waals surface area contributed by atoms with Crippen LogP contribution in [0.4, 0.5) is 5.69 Å². The summed E-state index contributed by atoms with van der Waals surface area (Å²) in [7, 11) is 0. The average molecular weight is 410 g/mol. The van der Waals surface area contributed by atoms with E-state index in [0.717, 1.165) is 33.1 Å². The van der Waals surface area contributed by atoms with Gasteiger partial charge in [-0.2, -0.15) is 0 Å². The van der Waals surface area contributed by atoms with Gasteiger partial charge in [-0.15, -0.1) is 0 Å². The van der Waals surface area contributed by atoms with Gasteiger partial charge in [0, 0.05) is 18.4 Å². The molecule has 0 bridgehead atoms. The number of rotatable bonds is 5. The first-order chi connectivity index (χ1) is 15.1. The van der Waals surface area contributed by atoms with Crippen molar-refractivity contribution in [2.45, 2.75) is 13.0 Å². The highest BCUT2D eigenvalue weighted by Crippen LogP contribution is 2.28. The zero-order chi connectivity index (χ0) is 21.4. The topological polar surface area (TPSA) is 97.1 Å². The molecule has 0 saturated heterocycles. The van der Waals surface area contributed by atoms with Crippen LogP contribution in [0.5, 0.6) is 0 Å². The predicted molar refractivity (Wildman–Crippen MR) is 119 cm³/mol. The molecule has 5 aromatic rings. The van der Waals surface area contributed by atoms with Crippen molar-refractivity contribution in [2.24, 2.45) is 0 Å². The lowest BCUT2D eigenvalue weighted by atomic mass is 10.2. The maximum atomic E-state index is 12.6. The van der Waals surface area contributed by atoms with Crippen LogP contribution < -0.4 is 5.32 Å². The minimum atomic E-state index is -1.08. The van der Waals surface area contributed by atoms with Crippen molar-refractivity contribution in [2.75, 3.05) is 5.32 Å². The lowest BCUT2D eigenvalue weighted by Crippen LogP contribution is -2.16. The molecular weight excluding hydrogens is 392 g/mol. The summed E-state index contributed by atoms with van der Waals surface area (Å²) in [4.78, 5) is 33.6. The van der Waals surface area contributed by atoms with Gasteiger partial charge < -0.3 is 15.0 Å². The summed E-state index contributed by atoms with van der Waals surface area (Å²) in [6.45, 7) is 0.387. The number of amides is 1. The molecule has 2 N–H and O–H groups in total. The minimum Gasteiger partial charge on any atom is -0.478 e. The molecule has 7 nitrogen and oxygen atoms in total. The second-order valence-electron chi connectivity index (χ2n) is 7.20. The Morgan fingerprint density at radius 3 is 2.35 bits per heavy atom. The van der Waals surface area contributed by atoms with E-state index >= 15 is 0 Å². The number of aryl methyl sites for hydroxylation is 1. The Bertz CT molecular complexity index is 1470. The number of hydrogen-bond donors (Lipinski definition) is 2. The fraction of sp³-hybridized carbons (Fsp3) is 0.0833. The number of anilines is 1. The third kappa shape index (κ3) is 3.36. The molecule has 0 fully saturated rings. The molecule has 0 saturated carbocycles. The molecule has 0 aliphatic heterocycles. The lowest BCUT2D eigenvalue weighted by molar-refractivity contribution is -0.116. The zero-order valence-electron chi connectivity index (χ0n) is 16.4. The Morgan fingerprint density at radius 2 is 1.55 bits per heavy atom. The van der Waals surface area contributed by atoms with Crippen LogP contribution in [0.3, 0.4) is 0 Å².